The van der Waals surface area contributed by atoms with Crippen molar-refractivity contribution in [2.75, 3.05) is 30.2 Å². The molecule has 6 heteroatoms. The number of carbonyl (C=O) groups is 1. The Kier molecular flexibility index (Phi) is 6.39. The second kappa shape index (κ2) is 8.78. The van der Waals surface area contributed by atoms with Gasteiger partial charge in [-0.25, -0.2) is 8.42 Å². The number of anilines is 1. The summed E-state index contributed by atoms with van der Waals surface area (Å²) in [7, 11) is -3.53. The van der Waals surface area contributed by atoms with Gasteiger partial charge >= 0.3 is 0 Å². The Labute approximate surface area is 168 Å². The van der Waals surface area contributed by atoms with E-state index in [0.717, 1.165) is 31.1 Å². The first kappa shape index (κ1) is 20.4. The van der Waals surface area contributed by atoms with Crippen molar-refractivity contribution in [1.82, 2.24) is 4.90 Å². The number of carbonyl (C=O) groups excluding carboxylic acids is 1. The predicted molar refractivity (Wildman–Crippen MR) is 113 cm³/mol. The average molecular weight is 401 g/mol. The summed E-state index contributed by atoms with van der Waals surface area (Å²) < 4.78 is 25.8. The van der Waals surface area contributed by atoms with Crippen LogP contribution in [-0.4, -0.2) is 45.1 Å². The number of amides is 1. The maximum Gasteiger partial charge on any atom is 0.243 e. The van der Waals surface area contributed by atoms with Gasteiger partial charge in [-0.05, 0) is 55.4 Å². The lowest BCUT2D eigenvalue weighted by molar-refractivity contribution is -0.130. The van der Waals surface area contributed by atoms with Gasteiger partial charge in [0.1, 0.15) is 6.54 Å². The third-order valence-electron chi connectivity index (χ3n) is 5.30. The second-order valence-electron chi connectivity index (χ2n) is 7.62. The van der Waals surface area contributed by atoms with Gasteiger partial charge in [0.05, 0.1) is 11.9 Å². The molecule has 0 aromatic heterocycles. The monoisotopic (exact) mass is 400 g/mol. The van der Waals surface area contributed by atoms with E-state index in [0.29, 0.717) is 24.7 Å². The number of hydrogen-bond donors (Lipinski definition) is 0. The fourth-order valence-electron chi connectivity index (χ4n) is 3.74. The third kappa shape index (κ3) is 5.35. The van der Waals surface area contributed by atoms with Crippen LogP contribution in [0.4, 0.5) is 5.69 Å². The summed E-state index contributed by atoms with van der Waals surface area (Å²) in [6.07, 6.45) is 4.07. The van der Waals surface area contributed by atoms with E-state index < -0.39 is 10.0 Å². The van der Waals surface area contributed by atoms with Crippen molar-refractivity contribution < 1.29 is 13.2 Å². The molecule has 1 heterocycles. The Morgan fingerprint density at radius 1 is 1.07 bits per heavy atom. The van der Waals surface area contributed by atoms with E-state index in [9.17, 15) is 13.2 Å². The van der Waals surface area contributed by atoms with E-state index in [1.807, 2.05) is 25.1 Å². The van der Waals surface area contributed by atoms with Crippen LogP contribution in [0, 0.1) is 12.8 Å². The lowest BCUT2D eigenvalue weighted by atomic mass is 9.90. The highest BCUT2D eigenvalue weighted by Crippen LogP contribution is 2.23. The van der Waals surface area contributed by atoms with Crippen LogP contribution >= 0.6 is 0 Å². The summed E-state index contributed by atoms with van der Waals surface area (Å²) in [5, 5.41) is 0. The molecule has 0 unspecified atom stereocenters. The van der Waals surface area contributed by atoms with E-state index in [2.05, 4.69) is 24.3 Å². The molecule has 0 spiro atoms. The fourth-order valence-corrected chi connectivity index (χ4v) is 4.58. The van der Waals surface area contributed by atoms with Gasteiger partial charge in [0.25, 0.3) is 0 Å². The summed E-state index contributed by atoms with van der Waals surface area (Å²) in [5.74, 6) is 0.430. The first-order valence-electron chi connectivity index (χ1n) is 9.69. The van der Waals surface area contributed by atoms with Crippen molar-refractivity contribution in [3.8, 4) is 0 Å². The van der Waals surface area contributed by atoms with Crippen molar-refractivity contribution in [3.63, 3.8) is 0 Å². The maximum absolute atomic E-state index is 12.8. The van der Waals surface area contributed by atoms with E-state index in [-0.39, 0.29) is 12.5 Å². The molecule has 1 aliphatic rings. The zero-order valence-electron chi connectivity index (χ0n) is 16.5. The van der Waals surface area contributed by atoms with Crippen molar-refractivity contribution in [2.24, 2.45) is 5.92 Å². The number of rotatable bonds is 6. The summed E-state index contributed by atoms with van der Waals surface area (Å²) in [6, 6.07) is 17.6. The van der Waals surface area contributed by atoms with E-state index in [1.165, 1.54) is 9.87 Å². The molecular weight excluding hydrogens is 372 g/mol. The zero-order chi connectivity index (χ0) is 20.1. The van der Waals surface area contributed by atoms with Gasteiger partial charge in [-0.1, -0.05) is 42.5 Å². The van der Waals surface area contributed by atoms with Gasteiger partial charge in [0.15, 0.2) is 0 Å². The smallest absolute Gasteiger partial charge is 0.243 e. The molecule has 0 bridgehead atoms. The molecule has 5 nitrogen and oxygen atoms in total. The van der Waals surface area contributed by atoms with Gasteiger partial charge in [0.2, 0.25) is 15.9 Å². The first-order valence-corrected chi connectivity index (χ1v) is 11.5. The van der Waals surface area contributed by atoms with E-state index in [1.54, 1.807) is 17.0 Å². The molecule has 0 aliphatic carbocycles. The zero-order valence-corrected chi connectivity index (χ0v) is 17.4. The van der Waals surface area contributed by atoms with Crippen LogP contribution in [0.3, 0.4) is 0 Å². The summed E-state index contributed by atoms with van der Waals surface area (Å²) >= 11 is 0. The number of hydrogen-bond acceptors (Lipinski definition) is 3. The Morgan fingerprint density at radius 2 is 1.75 bits per heavy atom. The topological polar surface area (TPSA) is 57.7 Å². The molecule has 1 saturated heterocycles. The van der Waals surface area contributed by atoms with Crippen LogP contribution in [0.5, 0.6) is 0 Å². The first-order chi connectivity index (χ1) is 13.3. The minimum Gasteiger partial charge on any atom is -0.341 e. The fraction of sp³-hybridized carbons (Fsp3) is 0.409. The highest BCUT2D eigenvalue weighted by atomic mass is 32.2. The van der Waals surface area contributed by atoms with Crippen LogP contribution < -0.4 is 4.31 Å². The highest BCUT2D eigenvalue weighted by Gasteiger charge is 2.27. The number of sulfonamides is 1. The summed E-state index contributed by atoms with van der Waals surface area (Å²) in [5.41, 5.74) is 2.82. The molecule has 28 heavy (non-hydrogen) atoms. The molecule has 0 N–H and O–H groups in total. The maximum atomic E-state index is 12.8. The number of likely N-dealkylation sites (tertiary alicyclic amines) is 1. The van der Waals surface area contributed by atoms with Gasteiger partial charge in [-0.3, -0.25) is 9.10 Å². The van der Waals surface area contributed by atoms with Crippen LogP contribution in [0.1, 0.15) is 24.0 Å². The Hall–Kier alpha value is -2.34. The third-order valence-corrected chi connectivity index (χ3v) is 6.44. The quantitative estimate of drug-likeness (QED) is 0.748. The lowest BCUT2D eigenvalue weighted by Gasteiger charge is -2.33. The Morgan fingerprint density at radius 3 is 2.36 bits per heavy atom. The predicted octanol–water partition coefficient (Wildman–Crippen LogP) is 3.24. The van der Waals surface area contributed by atoms with Gasteiger partial charge < -0.3 is 4.90 Å². The number of nitrogens with zero attached hydrogens (tertiary/aromatic N) is 2. The number of benzene rings is 2. The Bertz CT molecular complexity index is 904. The largest absolute Gasteiger partial charge is 0.341 e. The molecule has 3 rings (SSSR count). The molecule has 0 radical (unpaired) electrons. The standard InChI is InChI=1S/C22H28N2O3S/c1-18-7-6-10-21(15-18)24(28(2,26)27)17-22(25)23-13-11-20(12-14-23)16-19-8-4-3-5-9-19/h3-10,15,20H,11-14,16-17H2,1-2H3. The van der Waals surface area contributed by atoms with E-state index >= 15 is 0 Å². The molecule has 1 fully saturated rings. The van der Waals surface area contributed by atoms with Crippen LogP contribution in [0.15, 0.2) is 54.6 Å². The molecule has 1 amide bonds. The molecule has 1 aliphatic heterocycles. The van der Waals surface area contributed by atoms with Crippen LogP contribution in [0.25, 0.3) is 0 Å². The minimum atomic E-state index is -3.53. The summed E-state index contributed by atoms with van der Waals surface area (Å²) in [4.78, 5) is 14.6. The molecule has 2 aromatic rings. The molecule has 2 aromatic carbocycles. The van der Waals surface area contributed by atoms with Crippen LogP contribution in [-0.2, 0) is 21.2 Å². The number of piperidine rings is 1. The molecule has 150 valence electrons. The molecule has 0 atom stereocenters. The Balaban J connectivity index is 1.61. The van der Waals surface area contributed by atoms with Crippen molar-refractivity contribution in [3.05, 3.63) is 65.7 Å². The second-order valence-corrected chi connectivity index (χ2v) is 9.53. The van der Waals surface area contributed by atoms with Gasteiger partial charge in [-0.2, -0.15) is 0 Å². The van der Waals surface area contributed by atoms with Gasteiger partial charge in [0, 0.05) is 13.1 Å². The number of aryl methyl sites for hydroxylation is 1. The van der Waals surface area contributed by atoms with Crippen molar-refractivity contribution >= 4 is 21.6 Å². The normalized spacial score (nSPS) is 15.4. The average Bonchev–Trinajstić information content (AvgIpc) is 2.66. The lowest BCUT2D eigenvalue weighted by Crippen LogP contribution is -2.46. The van der Waals surface area contributed by atoms with Gasteiger partial charge in [-0.15, -0.1) is 0 Å². The summed E-state index contributed by atoms with van der Waals surface area (Å²) in [6.45, 7) is 3.12. The molecular formula is C22H28N2O3S. The van der Waals surface area contributed by atoms with Crippen molar-refractivity contribution in [2.45, 2.75) is 26.2 Å². The van der Waals surface area contributed by atoms with E-state index in [4.69, 9.17) is 0 Å². The SMILES string of the molecule is Cc1cccc(N(CC(=O)N2CCC(Cc3ccccc3)CC2)S(C)(=O)=O)c1. The van der Waals surface area contributed by atoms with Crippen molar-refractivity contribution in [1.29, 1.82) is 0 Å². The van der Waals surface area contributed by atoms with Crippen LogP contribution in [0.2, 0.25) is 0 Å². The molecule has 0 saturated carbocycles. The minimum absolute atomic E-state index is 0.134. The highest BCUT2D eigenvalue weighted by molar-refractivity contribution is 7.92.